The zero-order valence-electron chi connectivity index (χ0n) is 11.7. The summed E-state index contributed by atoms with van der Waals surface area (Å²) in [6, 6.07) is 8.64. The van der Waals surface area contributed by atoms with Gasteiger partial charge < -0.3 is 4.98 Å². The second-order valence-electron chi connectivity index (χ2n) is 4.56. The van der Waals surface area contributed by atoms with E-state index in [2.05, 4.69) is 14.7 Å². The number of hydrogen-bond acceptors (Lipinski definition) is 6. The van der Waals surface area contributed by atoms with E-state index in [-0.39, 0.29) is 20.1 Å². The Labute approximate surface area is 144 Å². The number of hydrogen-bond donors (Lipinski definition) is 3. The molecule has 2 aromatic heterocycles. The molecule has 0 radical (unpaired) electrons. The molecule has 0 atom stereocenters. The first-order valence-corrected chi connectivity index (χ1v) is 9.11. The van der Waals surface area contributed by atoms with Gasteiger partial charge in [-0.15, -0.1) is 0 Å². The summed E-state index contributed by atoms with van der Waals surface area (Å²) in [7, 11) is -4.13. The summed E-state index contributed by atoms with van der Waals surface area (Å²) in [5.74, 6) is 0. The van der Waals surface area contributed by atoms with Gasteiger partial charge in [0.15, 0.2) is 8.68 Å². The monoisotopic (exact) mass is 384 g/mol. The van der Waals surface area contributed by atoms with E-state index in [9.17, 15) is 18.0 Å². The Bertz CT molecular complexity index is 1100. The summed E-state index contributed by atoms with van der Waals surface area (Å²) < 4.78 is 27.2. The van der Waals surface area contributed by atoms with Crippen LogP contribution in [0.15, 0.2) is 50.3 Å². The molecule has 0 aliphatic carbocycles. The van der Waals surface area contributed by atoms with Gasteiger partial charge in [-0.05, 0) is 0 Å². The van der Waals surface area contributed by atoms with Crippen LogP contribution in [0.5, 0.6) is 0 Å². The lowest BCUT2D eigenvalue weighted by molar-refractivity contribution is 0.603. The van der Waals surface area contributed by atoms with Crippen molar-refractivity contribution in [2.75, 3.05) is 4.72 Å². The van der Waals surface area contributed by atoms with Gasteiger partial charge in [-0.25, -0.2) is 18.2 Å². The number of sulfonamides is 1. The minimum Gasteiger partial charge on any atom is -0.312 e. The molecular weight excluding hydrogens is 376 g/mol. The largest absolute Gasteiger partial charge is 0.325 e. The van der Waals surface area contributed by atoms with Crippen molar-refractivity contribution >= 4 is 38.6 Å². The lowest BCUT2D eigenvalue weighted by Crippen LogP contribution is -2.26. The van der Waals surface area contributed by atoms with Crippen LogP contribution in [0.2, 0.25) is 4.47 Å². The summed E-state index contributed by atoms with van der Waals surface area (Å²) in [5, 5.41) is 0. The molecule has 0 spiro atoms. The quantitative estimate of drug-likeness (QED) is 0.630. The maximum absolute atomic E-state index is 12.6. The number of halogens is 1. The minimum absolute atomic E-state index is 0.0459. The van der Waals surface area contributed by atoms with Crippen LogP contribution in [0.3, 0.4) is 0 Å². The van der Waals surface area contributed by atoms with E-state index in [0.717, 1.165) is 17.5 Å². The highest BCUT2D eigenvalue weighted by Gasteiger charge is 2.25. The number of aromatic nitrogens is 3. The summed E-state index contributed by atoms with van der Waals surface area (Å²) in [6.45, 7) is 0. The van der Waals surface area contributed by atoms with Crippen molar-refractivity contribution < 1.29 is 8.42 Å². The molecule has 0 bridgehead atoms. The maximum Gasteiger partial charge on any atom is 0.325 e. The van der Waals surface area contributed by atoms with E-state index in [1.807, 2.05) is 4.98 Å². The van der Waals surface area contributed by atoms with Crippen LogP contribution in [0.1, 0.15) is 0 Å². The molecule has 0 unspecified atom stereocenters. The first kappa shape index (κ1) is 16.4. The molecule has 0 amide bonds. The van der Waals surface area contributed by atoms with Gasteiger partial charge in [0, 0.05) is 11.8 Å². The van der Waals surface area contributed by atoms with Crippen molar-refractivity contribution in [2.24, 2.45) is 0 Å². The second kappa shape index (κ2) is 6.23. The third kappa shape index (κ3) is 3.25. The first-order valence-electron chi connectivity index (χ1n) is 6.43. The van der Waals surface area contributed by atoms with Crippen molar-refractivity contribution in [3.63, 3.8) is 0 Å². The van der Waals surface area contributed by atoms with E-state index in [4.69, 9.17) is 11.6 Å². The van der Waals surface area contributed by atoms with Gasteiger partial charge in [-0.2, -0.15) is 0 Å². The average Bonchev–Trinajstić information content (AvgIpc) is 2.94. The number of anilines is 1. The number of rotatable bonds is 4. The molecular formula is C13H9ClN4O4S2. The molecule has 8 nitrogen and oxygen atoms in total. The zero-order chi connectivity index (χ0) is 17.3. The minimum atomic E-state index is -4.13. The summed E-state index contributed by atoms with van der Waals surface area (Å²) in [5.41, 5.74) is -1.18. The molecule has 0 saturated heterocycles. The second-order valence-corrected chi connectivity index (χ2v) is 8.02. The fourth-order valence-corrected chi connectivity index (χ4v) is 4.67. The number of nitrogens with zero attached hydrogens (tertiary/aromatic N) is 1. The molecule has 0 aliphatic heterocycles. The predicted octanol–water partition coefficient (Wildman–Crippen LogP) is 1.64. The zero-order valence-corrected chi connectivity index (χ0v) is 14.1. The molecule has 24 heavy (non-hydrogen) atoms. The molecule has 124 valence electrons. The van der Waals surface area contributed by atoms with Crippen LogP contribution < -0.4 is 16.0 Å². The molecule has 1 aromatic carbocycles. The van der Waals surface area contributed by atoms with E-state index >= 15 is 0 Å². The summed E-state index contributed by atoms with van der Waals surface area (Å²) >= 11 is 6.64. The number of H-pyrrole nitrogens is 2. The standard InChI is InChI=1S/C13H9ClN4O4S2/c14-12-16-9(7-4-2-1-3-5-7)11(23-12)24(21,22)18-8-6-15-13(20)17-10(8)19/h1-6,18H,(H2,15,17,19,20). The highest BCUT2D eigenvalue weighted by molar-refractivity contribution is 7.94. The van der Waals surface area contributed by atoms with Crippen LogP contribution >= 0.6 is 22.9 Å². The van der Waals surface area contributed by atoms with Gasteiger partial charge in [0.05, 0.1) is 0 Å². The lowest BCUT2D eigenvalue weighted by Gasteiger charge is -2.06. The molecule has 0 aliphatic rings. The topological polar surface area (TPSA) is 125 Å². The lowest BCUT2D eigenvalue weighted by atomic mass is 10.2. The van der Waals surface area contributed by atoms with Gasteiger partial charge in [0.25, 0.3) is 15.6 Å². The Hall–Kier alpha value is -2.43. The van der Waals surface area contributed by atoms with Crippen LogP contribution in [0.25, 0.3) is 11.3 Å². The van der Waals surface area contributed by atoms with Crippen molar-refractivity contribution in [3.05, 3.63) is 61.8 Å². The van der Waals surface area contributed by atoms with Crippen LogP contribution in [-0.2, 0) is 10.0 Å². The van der Waals surface area contributed by atoms with Crippen LogP contribution in [0.4, 0.5) is 5.69 Å². The number of nitrogens with one attached hydrogen (secondary N) is 3. The van der Waals surface area contributed by atoms with Crippen LogP contribution in [-0.4, -0.2) is 23.4 Å². The highest BCUT2D eigenvalue weighted by Crippen LogP contribution is 2.34. The van der Waals surface area contributed by atoms with E-state index in [1.165, 1.54) is 0 Å². The number of aromatic amines is 2. The van der Waals surface area contributed by atoms with Gasteiger partial charge in [-0.3, -0.25) is 14.5 Å². The van der Waals surface area contributed by atoms with Crippen molar-refractivity contribution in [2.45, 2.75) is 4.21 Å². The molecule has 0 saturated carbocycles. The van der Waals surface area contributed by atoms with Gasteiger partial charge >= 0.3 is 5.69 Å². The average molecular weight is 385 g/mol. The third-order valence-electron chi connectivity index (χ3n) is 2.92. The van der Waals surface area contributed by atoms with Crippen molar-refractivity contribution in [1.82, 2.24) is 15.0 Å². The Balaban J connectivity index is 2.08. The number of benzene rings is 1. The fraction of sp³-hybridized carbons (Fsp3) is 0. The molecule has 3 N–H and O–H groups in total. The van der Waals surface area contributed by atoms with Gasteiger partial charge in [0.1, 0.15) is 11.4 Å². The van der Waals surface area contributed by atoms with Gasteiger partial charge in [-0.1, -0.05) is 53.3 Å². The SMILES string of the molecule is O=c1[nH]cc(NS(=O)(=O)c2sc(Cl)nc2-c2ccccc2)c(=O)[nH]1. The fourth-order valence-electron chi connectivity index (χ4n) is 1.92. The third-order valence-corrected chi connectivity index (χ3v) is 5.96. The smallest absolute Gasteiger partial charge is 0.312 e. The molecule has 11 heteroatoms. The van der Waals surface area contributed by atoms with Crippen molar-refractivity contribution in [1.29, 1.82) is 0 Å². The normalized spacial score (nSPS) is 11.4. The molecule has 0 fully saturated rings. The predicted molar refractivity (Wildman–Crippen MR) is 91.1 cm³/mol. The van der Waals surface area contributed by atoms with E-state index < -0.39 is 21.3 Å². The molecule has 3 aromatic rings. The molecule has 3 rings (SSSR count). The van der Waals surface area contributed by atoms with Crippen LogP contribution in [0, 0.1) is 0 Å². The molecule has 2 heterocycles. The summed E-state index contributed by atoms with van der Waals surface area (Å²) in [6.07, 6.45) is 0.976. The summed E-state index contributed by atoms with van der Waals surface area (Å²) in [4.78, 5) is 30.8. The first-order chi connectivity index (χ1) is 11.4. The van der Waals surface area contributed by atoms with Crippen molar-refractivity contribution in [3.8, 4) is 11.3 Å². The Morgan fingerprint density at radius 3 is 2.54 bits per heavy atom. The Morgan fingerprint density at radius 1 is 1.17 bits per heavy atom. The number of thiazole rings is 1. The van der Waals surface area contributed by atoms with E-state index in [1.54, 1.807) is 30.3 Å². The maximum atomic E-state index is 12.6. The Kier molecular flexibility index (Phi) is 4.26. The Morgan fingerprint density at radius 2 is 1.88 bits per heavy atom. The highest BCUT2D eigenvalue weighted by atomic mass is 35.5. The van der Waals surface area contributed by atoms with Gasteiger partial charge in [0.2, 0.25) is 0 Å². The van der Waals surface area contributed by atoms with E-state index in [0.29, 0.717) is 5.56 Å².